The van der Waals surface area contributed by atoms with E-state index in [1.807, 2.05) is 0 Å². The van der Waals surface area contributed by atoms with Crippen LogP contribution in [0.3, 0.4) is 0 Å². The molecule has 1 N–H and O–H groups in total. The third-order valence-corrected chi connectivity index (χ3v) is 7.02. The van der Waals surface area contributed by atoms with Crippen molar-refractivity contribution < 1.29 is 42.7 Å². The maximum atomic E-state index is 15.3. The lowest BCUT2D eigenvalue weighted by Gasteiger charge is -2.42. The van der Waals surface area contributed by atoms with Gasteiger partial charge in [0.15, 0.2) is 17.4 Å². The van der Waals surface area contributed by atoms with Crippen LogP contribution in [0.4, 0.5) is 4.39 Å². The zero-order valence-electron chi connectivity index (χ0n) is 25.3. The van der Waals surface area contributed by atoms with Gasteiger partial charge in [-0.1, -0.05) is 26.7 Å². The molecule has 1 aliphatic rings. The third kappa shape index (κ3) is 11.0. The van der Waals surface area contributed by atoms with Gasteiger partial charge in [-0.15, -0.1) is 0 Å². The first kappa shape index (κ1) is 34.0. The summed E-state index contributed by atoms with van der Waals surface area (Å²) in [7, 11) is 3.07. The van der Waals surface area contributed by atoms with E-state index in [1.165, 1.54) is 13.2 Å². The molecule has 3 atom stereocenters. The minimum absolute atomic E-state index is 0.00247. The monoisotopic (exact) mass is 558 g/mol. The number of hydrogen-bond donors (Lipinski definition) is 1. The molecule has 0 amide bonds. The van der Waals surface area contributed by atoms with E-state index in [4.69, 9.17) is 33.2 Å². The summed E-state index contributed by atoms with van der Waals surface area (Å²) in [4.78, 5) is 0. The van der Waals surface area contributed by atoms with Crippen LogP contribution in [0.2, 0.25) is 0 Å². The van der Waals surface area contributed by atoms with Crippen LogP contribution in [0.15, 0.2) is 12.1 Å². The number of benzene rings is 1. The van der Waals surface area contributed by atoms with Crippen molar-refractivity contribution in [2.24, 2.45) is 0 Å². The molecule has 9 heteroatoms. The molecular weight excluding hydrogens is 507 g/mol. The van der Waals surface area contributed by atoms with Crippen molar-refractivity contribution in [1.82, 2.24) is 0 Å². The highest BCUT2D eigenvalue weighted by Crippen LogP contribution is 2.40. The molecule has 0 radical (unpaired) electrons. The summed E-state index contributed by atoms with van der Waals surface area (Å²) in [6, 6.07) is 2.97. The van der Waals surface area contributed by atoms with E-state index in [-0.39, 0.29) is 31.3 Å². The molecular formula is C30H51FO8. The van der Waals surface area contributed by atoms with E-state index in [0.29, 0.717) is 37.4 Å². The van der Waals surface area contributed by atoms with Crippen LogP contribution in [-0.4, -0.2) is 62.9 Å². The smallest absolute Gasteiger partial charge is 0.195 e. The molecule has 1 fully saturated rings. The molecule has 1 saturated heterocycles. The topological polar surface area (TPSA) is 84.8 Å². The van der Waals surface area contributed by atoms with Crippen molar-refractivity contribution in [3.05, 3.63) is 34.6 Å². The number of methoxy groups -OCH3 is 2. The Balaban J connectivity index is 2.45. The zero-order chi connectivity index (χ0) is 29.1. The number of aliphatic hydroxyl groups is 1. The molecule has 39 heavy (non-hydrogen) atoms. The Morgan fingerprint density at radius 3 is 2.13 bits per heavy atom. The van der Waals surface area contributed by atoms with Crippen molar-refractivity contribution in [2.45, 2.75) is 123 Å². The summed E-state index contributed by atoms with van der Waals surface area (Å²) in [5.41, 5.74) is 1.13. The highest BCUT2D eigenvalue weighted by Gasteiger charge is 2.44. The van der Waals surface area contributed by atoms with E-state index in [9.17, 15) is 5.11 Å². The Morgan fingerprint density at radius 2 is 1.54 bits per heavy atom. The lowest BCUT2D eigenvalue weighted by atomic mass is 9.88. The molecule has 0 bridgehead atoms. The van der Waals surface area contributed by atoms with Crippen LogP contribution in [0.1, 0.15) is 96.8 Å². The first-order valence-corrected chi connectivity index (χ1v) is 14.2. The van der Waals surface area contributed by atoms with Gasteiger partial charge in [0.1, 0.15) is 5.82 Å². The molecule has 1 aromatic carbocycles. The second-order valence-electron chi connectivity index (χ2n) is 11.1. The Kier molecular flexibility index (Phi) is 13.7. The molecule has 0 spiro atoms. The summed E-state index contributed by atoms with van der Waals surface area (Å²) in [5.74, 6) is -4.04. The van der Waals surface area contributed by atoms with Crippen LogP contribution in [0.5, 0.6) is 0 Å². The number of hydrogen-bond acceptors (Lipinski definition) is 8. The summed E-state index contributed by atoms with van der Waals surface area (Å²) < 4.78 is 56.1. The van der Waals surface area contributed by atoms with Gasteiger partial charge < -0.3 is 38.3 Å². The largest absolute Gasteiger partial charge is 0.379 e. The first-order chi connectivity index (χ1) is 18.4. The van der Waals surface area contributed by atoms with E-state index in [2.05, 4.69) is 13.8 Å². The minimum Gasteiger partial charge on any atom is -0.379 e. The van der Waals surface area contributed by atoms with Crippen LogP contribution < -0.4 is 0 Å². The molecule has 1 aliphatic heterocycles. The molecule has 1 aromatic rings. The third-order valence-electron chi connectivity index (χ3n) is 7.02. The van der Waals surface area contributed by atoms with Gasteiger partial charge in [-0.25, -0.2) is 4.39 Å². The molecule has 0 aliphatic carbocycles. The van der Waals surface area contributed by atoms with Gasteiger partial charge in [-0.3, -0.25) is 0 Å². The summed E-state index contributed by atoms with van der Waals surface area (Å²) in [6.07, 6.45) is 4.05. The second-order valence-corrected chi connectivity index (χ2v) is 11.1. The fourth-order valence-electron chi connectivity index (χ4n) is 4.19. The highest BCUT2D eigenvalue weighted by atomic mass is 19.1. The molecule has 0 saturated carbocycles. The van der Waals surface area contributed by atoms with E-state index >= 15 is 4.39 Å². The van der Waals surface area contributed by atoms with Crippen LogP contribution in [0.25, 0.3) is 0 Å². The van der Waals surface area contributed by atoms with Crippen molar-refractivity contribution in [3.63, 3.8) is 0 Å². The predicted octanol–water partition coefficient (Wildman–Crippen LogP) is 5.95. The SMILES string of the molecule is CCCCOC[C@@H]1C[C@H](OCCCC)CC(O)(c2cc(COC(C)(C)OC)c(F)cc2COC(C)(C)OC)O1. The first-order valence-electron chi connectivity index (χ1n) is 14.2. The van der Waals surface area contributed by atoms with Crippen LogP contribution in [0, 0.1) is 5.82 Å². The van der Waals surface area contributed by atoms with Gasteiger partial charge in [-0.2, -0.15) is 0 Å². The van der Waals surface area contributed by atoms with Crippen molar-refractivity contribution in [1.29, 1.82) is 0 Å². The fourth-order valence-corrected chi connectivity index (χ4v) is 4.19. The van der Waals surface area contributed by atoms with E-state index in [1.54, 1.807) is 40.9 Å². The van der Waals surface area contributed by atoms with Crippen LogP contribution >= 0.6 is 0 Å². The van der Waals surface area contributed by atoms with Gasteiger partial charge in [-0.05, 0) is 58.2 Å². The number of halogens is 1. The van der Waals surface area contributed by atoms with E-state index in [0.717, 1.165) is 25.7 Å². The van der Waals surface area contributed by atoms with Gasteiger partial charge in [0.05, 0.1) is 32.0 Å². The van der Waals surface area contributed by atoms with Gasteiger partial charge in [0, 0.05) is 51.4 Å². The number of unbranched alkanes of at least 4 members (excludes halogenated alkanes) is 2. The average Bonchev–Trinajstić information content (AvgIpc) is 2.89. The van der Waals surface area contributed by atoms with Crippen LogP contribution in [-0.2, 0) is 52.2 Å². The van der Waals surface area contributed by atoms with Gasteiger partial charge in [0.25, 0.3) is 0 Å². The lowest BCUT2D eigenvalue weighted by molar-refractivity contribution is -0.293. The maximum Gasteiger partial charge on any atom is 0.195 e. The molecule has 226 valence electrons. The van der Waals surface area contributed by atoms with Crippen molar-refractivity contribution >= 4 is 0 Å². The molecule has 0 aromatic heterocycles. The second kappa shape index (κ2) is 15.7. The Hall–Kier alpha value is -1.17. The van der Waals surface area contributed by atoms with Crippen molar-refractivity contribution in [2.75, 3.05) is 34.0 Å². The molecule has 1 heterocycles. The standard InChI is InChI=1S/C30H51FO8/c1-9-11-13-35-21-25-17-24(36-14-12-10-2)18-30(32,39-25)26-15-23(20-38-29(5,6)34-8)27(31)16-22(26)19-37-28(3,4)33-7/h15-16,24-25,32H,9-14,17-21H2,1-8H3/t24-,25-,30?/m0/s1. The number of rotatable bonds is 18. The Bertz CT molecular complexity index is 862. The molecule has 1 unspecified atom stereocenters. The normalized spacial score (nSPS) is 22.4. The Labute approximate surface area is 234 Å². The zero-order valence-corrected chi connectivity index (χ0v) is 25.3. The van der Waals surface area contributed by atoms with E-state index < -0.39 is 29.3 Å². The minimum atomic E-state index is -1.75. The maximum absolute atomic E-state index is 15.3. The summed E-state index contributed by atoms with van der Waals surface area (Å²) in [6.45, 7) is 12.7. The summed E-state index contributed by atoms with van der Waals surface area (Å²) in [5, 5.41) is 12.1. The predicted molar refractivity (Wildman–Crippen MR) is 147 cm³/mol. The van der Waals surface area contributed by atoms with Gasteiger partial charge >= 0.3 is 0 Å². The fraction of sp³-hybridized carbons (Fsp3) is 0.800. The lowest BCUT2D eigenvalue weighted by Crippen LogP contribution is -2.47. The molecule has 8 nitrogen and oxygen atoms in total. The quantitative estimate of drug-likeness (QED) is 0.175. The van der Waals surface area contributed by atoms with Crippen molar-refractivity contribution in [3.8, 4) is 0 Å². The van der Waals surface area contributed by atoms with Gasteiger partial charge in [0.2, 0.25) is 0 Å². The average molecular weight is 559 g/mol. The summed E-state index contributed by atoms with van der Waals surface area (Å²) >= 11 is 0. The molecule has 2 rings (SSSR count). The highest BCUT2D eigenvalue weighted by molar-refractivity contribution is 5.36. The number of ether oxygens (including phenoxy) is 7. The Morgan fingerprint density at radius 1 is 0.949 bits per heavy atom.